The largest absolute Gasteiger partial charge is 0.492 e. The first-order valence-electron chi connectivity index (χ1n) is 11.4. The van der Waals surface area contributed by atoms with Crippen molar-refractivity contribution in [2.45, 2.75) is 37.8 Å². The van der Waals surface area contributed by atoms with Gasteiger partial charge in [0.15, 0.2) is 0 Å². The molecule has 2 aliphatic heterocycles. The molecule has 2 aliphatic rings. The van der Waals surface area contributed by atoms with Crippen molar-refractivity contribution in [1.29, 1.82) is 0 Å². The fraction of sp³-hybridized carbons (Fsp3) is 0.360. The van der Waals surface area contributed by atoms with Gasteiger partial charge in [-0.15, -0.1) is 0 Å². The second kappa shape index (κ2) is 9.90. The Morgan fingerprint density at radius 1 is 1.12 bits per heavy atom. The van der Waals surface area contributed by atoms with Crippen molar-refractivity contribution in [2.75, 3.05) is 18.5 Å². The number of rotatable bonds is 7. The van der Waals surface area contributed by atoms with E-state index < -0.39 is 0 Å². The van der Waals surface area contributed by atoms with E-state index in [1.165, 1.54) is 25.7 Å². The van der Waals surface area contributed by atoms with Crippen LogP contribution in [0, 0.1) is 0 Å². The minimum absolute atomic E-state index is 0.272. The minimum Gasteiger partial charge on any atom is -0.492 e. The average Bonchev–Trinajstić information content (AvgIpc) is 3.50. The Bertz CT molecular complexity index is 1190. The van der Waals surface area contributed by atoms with E-state index in [1.807, 2.05) is 25.2 Å². The number of carbonyl (C=O) groups excluding carboxylic acids is 1. The Balaban J connectivity index is 1.37. The first kappa shape index (κ1) is 23.7. The Kier molecular flexibility index (Phi) is 6.89. The minimum atomic E-state index is -0.272. The molecule has 34 heavy (non-hydrogen) atoms. The number of anilines is 1. The molecule has 1 aromatic heterocycles. The number of aryl methyl sites for hydroxylation is 1. The summed E-state index contributed by atoms with van der Waals surface area (Å²) in [5.74, 6) is 0.482. The molecule has 3 aromatic rings. The number of nitrogens with one attached hydrogen (secondary N) is 1. The Morgan fingerprint density at radius 2 is 1.85 bits per heavy atom. The zero-order valence-electron chi connectivity index (χ0n) is 18.7. The standard InChI is InChI=1S/C25H25BrCl2N4O2/c1-31-24(20(26)14-29-31)19-13-16(30-25(33)15-2-8-21(27)22(28)12-15)3-9-23(19)34-11-10-32-17-4-5-18(32)7-6-17/h2-3,8-9,12-14,17-18H,4-7,10-11H2,1H3,(H,30,33). The highest BCUT2D eigenvalue weighted by Crippen LogP contribution is 2.39. The summed E-state index contributed by atoms with van der Waals surface area (Å²) in [5, 5.41) is 8.04. The van der Waals surface area contributed by atoms with Crippen molar-refractivity contribution in [3.05, 3.63) is 62.7 Å². The van der Waals surface area contributed by atoms with E-state index in [1.54, 1.807) is 29.1 Å². The molecular weight excluding hydrogens is 539 g/mol. The van der Waals surface area contributed by atoms with Crippen molar-refractivity contribution in [1.82, 2.24) is 14.7 Å². The van der Waals surface area contributed by atoms with Crippen molar-refractivity contribution in [3.8, 4) is 17.0 Å². The number of hydrogen-bond donors (Lipinski definition) is 1. The number of halogens is 3. The highest BCUT2D eigenvalue weighted by molar-refractivity contribution is 9.10. The van der Waals surface area contributed by atoms with Crippen LogP contribution in [0.15, 0.2) is 47.1 Å². The highest BCUT2D eigenvalue weighted by atomic mass is 79.9. The van der Waals surface area contributed by atoms with Gasteiger partial charge in [0.1, 0.15) is 12.4 Å². The number of fused-ring (bicyclic) bond motifs is 2. The molecule has 5 rings (SSSR count). The topological polar surface area (TPSA) is 59.4 Å². The molecule has 0 aliphatic carbocycles. The third-order valence-electron chi connectivity index (χ3n) is 6.78. The maximum Gasteiger partial charge on any atom is 0.255 e. The van der Waals surface area contributed by atoms with E-state index in [9.17, 15) is 4.79 Å². The van der Waals surface area contributed by atoms with Gasteiger partial charge in [-0.1, -0.05) is 23.2 Å². The summed E-state index contributed by atoms with van der Waals surface area (Å²) in [6.45, 7) is 1.54. The quantitative estimate of drug-likeness (QED) is 0.360. The van der Waals surface area contributed by atoms with Crippen LogP contribution in [0.3, 0.4) is 0 Å². The molecule has 2 saturated heterocycles. The van der Waals surface area contributed by atoms with Crippen LogP contribution in [0.5, 0.6) is 5.75 Å². The van der Waals surface area contributed by atoms with Crippen LogP contribution in [0.25, 0.3) is 11.3 Å². The molecule has 6 nitrogen and oxygen atoms in total. The number of nitrogens with zero attached hydrogens (tertiary/aromatic N) is 3. The summed E-state index contributed by atoms with van der Waals surface area (Å²) < 4.78 is 8.92. The highest BCUT2D eigenvalue weighted by Gasteiger charge is 2.38. The van der Waals surface area contributed by atoms with Crippen molar-refractivity contribution in [2.24, 2.45) is 7.05 Å². The van der Waals surface area contributed by atoms with Crippen LogP contribution < -0.4 is 10.1 Å². The molecule has 1 amide bonds. The van der Waals surface area contributed by atoms with Crippen molar-refractivity contribution < 1.29 is 9.53 Å². The van der Waals surface area contributed by atoms with Gasteiger partial charge in [0.05, 0.1) is 26.4 Å². The molecule has 0 saturated carbocycles. The lowest BCUT2D eigenvalue weighted by Gasteiger charge is -2.22. The van der Waals surface area contributed by atoms with Crippen LogP contribution in [0.1, 0.15) is 36.0 Å². The summed E-state index contributed by atoms with van der Waals surface area (Å²) in [5.41, 5.74) is 2.80. The fourth-order valence-electron chi connectivity index (χ4n) is 5.12. The number of aromatic nitrogens is 2. The fourth-order valence-corrected chi connectivity index (χ4v) is 5.98. The van der Waals surface area contributed by atoms with Crippen LogP contribution >= 0.6 is 39.1 Å². The van der Waals surface area contributed by atoms with Crippen LogP contribution in [-0.4, -0.2) is 45.8 Å². The molecule has 2 aromatic carbocycles. The number of carbonyl (C=O) groups is 1. The van der Waals surface area contributed by atoms with Gasteiger partial charge in [-0.25, -0.2) is 0 Å². The maximum absolute atomic E-state index is 12.8. The summed E-state index contributed by atoms with van der Waals surface area (Å²) >= 11 is 15.7. The van der Waals surface area contributed by atoms with Gasteiger partial charge in [-0.05, 0) is 78.0 Å². The van der Waals surface area contributed by atoms with Gasteiger partial charge >= 0.3 is 0 Å². The Hall–Kier alpha value is -2.06. The molecular formula is C25H25BrCl2N4O2. The molecule has 178 valence electrons. The second-order valence-corrected chi connectivity index (χ2v) is 10.5. The smallest absolute Gasteiger partial charge is 0.255 e. The van der Waals surface area contributed by atoms with E-state index in [4.69, 9.17) is 27.9 Å². The van der Waals surface area contributed by atoms with Gasteiger partial charge in [0.2, 0.25) is 0 Å². The van der Waals surface area contributed by atoms with Gasteiger partial charge in [-0.3, -0.25) is 14.4 Å². The molecule has 1 N–H and O–H groups in total. The lowest BCUT2D eigenvalue weighted by atomic mass is 10.0. The first-order valence-corrected chi connectivity index (χ1v) is 12.9. The van der Waals surface area contributed by atoms with Gasteiger partial charge in [-0.2, -0.15) is 5.10 Å². The van der Waals surface area contributed by atoms with E-state index in [2.05, 4.69) is 31.2 Å². The predicted molar refractivity (Wildman–Crippen MR) is 139 cm³/mol. The SMILES string of the molecule is Cn1ncc(Br)c1-c1cc(NC(=O)c2ccc(Cl)c(Cl)c2)ccc1OCCN1C2CCC1CC2. The second-order valence-electron chi connectivity index (χ2n) is 8.81. The van der Waals surface area contributed by atoms with E-state index in [0.717, 1.165) is 40.1 Å². The molecule has 0 atom stereocenters. The van der Waals surface area contributed by atoms with Crippen molar-refractivity contribution in [3.63, 3.8) is 0 Å². The number of benzene rings is 2. The number of ether oxygens (including phenoxy) is 1. The normalized spacial score (nSPS) is 19.5. The predicted octanol–water partition coefficient (Wildman–Crippen LogP) is 6.41. The van der Waals surface area contributed by atoms with Gasteiger partial charge in [0, 0.05) is 42.5 Å². The molecule has 2 fully saturated rings. The van der Waals surface area contributed by atoms with E-state index >= 15 is 0 Å². The zero-order chi connectivity index (χ0) is 23.8. The summed E-state index contributed by atoms with van der Waals surface area (Å²) in [6.07, 6.45) is 6.99. The lowest BCUT2D eigenvalue weighted by molar-refractivity contribution is 0.102. The first-order chi connectivity index (χ1) is 16.4. The number of hydrogen-bond acceptors (Lipinski definition) is 4. The maximum atomic E-state index is 12.8. The van der Waals surface area contributed by atoms with E-state index in [0.29, 0.717) is 27.9 Å². The molecule has 0 unspecified atom stereocenters. The summed E-state index contributed by atoms with van der Waals surface area (Å²) in [7, 11) is 1.88. The Morgan fingerprint density at radius 3 is 2.50 bits per heavy atom. The van der Waals surface area contributed by atoms with Crippen molar-refractivity contribution >= 4 is 50.7 Å². The summed E-state index contributed by atoms with van der Waals surface area (Å²) in [6, 6.07) is 11.9. The van der Waals surface area contributed by atoms with Gasteiger partial charge in [0.25, 0.3) is 5.91 Å². The third kappa shape index (κ3) is 4.71. The summed E-state index contributed by atoms with van der Waals surface area (Å²) in [4.78, 5) is 15.4. The van der Waals surface area contributed by atoms with E-state index in [-0.39, 0.29) is 5.91 Å². The monoisotopic (exact) mass is 562 g/mol. The lowest BCUT2D eigenvalue weighted by Crippen LogP contribution is -2.32. The Labute approximate surface area is 217 Å². The van der Waals surface area contributed by atoms with Gasteiger partial charge < -0.3 is 10.1 Å². The van der Waals surface area contributed by atoms with Crippen LogP contribution in [0.4, 0.5) is 5.69 Å². The molecule has 3 heterocycles. The average molecular weight is 564 g/mol. The van der Waals surface area contributed by atoms with Crippen LogP contribution in [0.2, 0.25) is 10.0 Å². The third-order valence-corrected chi connectivity index (χ3v) is 8.10. The molecule has 9 heteroatoms. The number of amides is 1. The molecule has 0 spiro atoms. The van der Waals surface area contributed by atoms with Crippen LogP contribution in [-0.2, 0) is 7.05 Å². The zero-order valence-corrected chi connectivity index (χ0v) is 21.8. The molecule has 2 bridgehead atoms. The molecule has 0 radical (unpaired) electrons.